The molecule has 4 rings (SSSR count). The van der Waals surface area contributed by atoms with E-state index >= 15 is 0 Å². The molecule has 0 spiro atoms. The number of aromatic nitrogens is 1. The van der Waals surface area contributed by atoms with Gasteiger partial charge in [-0.15, -0.1) is 0 Å². The van der Waals surface area contributed by atoms with Crippen LogP contribution in [0.1, 0.15) is 24.8 Å². The quantitative estimate of drug-likeness (QED) is 0.835. The zero-order valence-corrected chi connectivity index (χ0v) is 17.8. The highest BCUT2D eigenvalue weighted by Crippen LogP contribution is 2.28. The number of piperidine rings is 1. The van der Waals surface area contributed by atoms with Gasteiger partial charge in [0.05, 0.1) is 10.2 Å². The van der Waals surface area contributed by atoms with Crippen molar-refractivity contribution in [1.82, 2.24) is 19.7 Å². The largest absolute Gasteiger partial charge is 0.306 e. The Morgan fingerprint density at radius 1 is 1.18 bits per heavy atom. The first-order chi connectivity index (χ1) is 13.6. The van der Waals surface area contributed by atoms with Gasteiger partial charge in [0.1, 0.15) is 0 Å². The van der Waals surface area contributed by atoms with E-state index in [4.69, 9.17) is 0 Å². The van der Waals surface area contributed by atoms with Gasteiger partial charge in [-0.3, -0.25) is 9.69 Å². The second-order valence-corrected chi connectivity index (χ2v) is 9.18. The zero-order chi connectivity index (χ0) is 19.5. The van der Waals surface area contributed by atoms with Gasteiger partial charge < -0.3 is 15.1 Å². The number of nitrogens with one attached hydrogen (secondary N) is 1. The summed E-state index contributed by atoms with van der Waals surface area (Å²) in [6.07, 6.45) is 3.12. The number of aryl methyl sites for hydroxylation is 1. The van der Waals surface area contributed by atoms with Crippen molar-refractivity contribution in [2.24, 2.45) is 0 Å². The summed E-state index contributed by atoms with van der Waals surface area (Å²) in [5.74, 6) is 0.0643. The molecule has 0 saturated carbocycles. The van der Waals surface area contributed by atoms with Crippen LogP contribution in [0, 0.1) is 6.92 Å². The zero-order valence-electron chi connectivity index (χ0n) is 17.0. The molecular weight excluding hydrogens is 370 g/mol. The van der Waals surface area contributed by atoms with Crippen LogP contribution in [-0.2, 0) is 4.79 Å². The number of carbonyl (C=O) groups excluding carboxylic acids is 1. The number of para-hydroxylation sites is 1. The monoisotopic (exact) mass is 401 g/mol. The van der Waals surface area contributed by atoms with E-state index in [0.29, 0.717) is 11.6 Å². The molecular formula is C21H31N5OS. The van der Waals surface area contributed by atoms with Crippen LogP contribution in [0.3, 0.4) is 0 Å². The highest BCUT2D eigenvalue weighted by molar-refractivity contribution is 7.22. The van der Waals surface area contributed by atoms with Crippen molar-refractivity contribution in [3.05, 3.63) is 23.8 Å². The Balaban J connectivity index is 1.20. The van der Waals surface area contributed by atoms with Crippen LogP contribution in [0.4, 0.5) is 5.13 Å². The third-order valence-corrected chi connectivity index (χ3v) is 7.07. The number of hydrogen-bond acceptors (Lipinski definition) is 6. The summed E-state index contributed by atoms with van der Waals surface area (Å²) in [6, 6.07) is 6.90. The molecule has 1 N–H and O–H groups in total. The van der Waals surface area contributed by atoms with E-state index in [0.717, 1.165) is 54.5 Å². The van der Waals surface area contributed by atoms with Crippen molar-refractivity contribution in [3.8, 4) is 0 Å². The predicted molar refractivity (Wildman–Crippen MR) is 116 cm³/mol. The summed E-state index contributed by atoms with van der Waals surface area (Å²) in [5.41, 5.74) is 2.14. The summed E-state index contributed by atoms with van der Waals surface area (Å²) in [4.78, 5) is 24.5. The van der Waals surface area contributed by atoms with Crippen molar-refractivity contribution in [1.29, 1.82) is 0 Å². The number of hydrogen-bond donors (Lipinski definition) is 1. The van der Waals surface area contributed by atoms with Crippen molar-refractivity contribution >= 4 is 32.6 Å². The van der Waals surface area contributed by atoms with Gasteiger partial charge in [0, 0.05) is 45.2 Å². The Hall–Kier alpha value is -1.54. The number of piperazine rings is 1. The topological polar surface area (TPSA) is 51.7 Å². The molecule has 1 aromatic heterocycles. The summed E-state index contributed by atoms with van der Waals surface area (Å²) in [7, 11) is 2.22. The minimum atomic E-state index is 0.0643. The summed E-state index contributed by atoms with van der Waals surface area (Å²) < 4.78 is 1.13. The third-order valence-electron chi connectivity index (χ3n) is 6.13. The summed E-state index contributed by atoms with van der Waals surface area (Å²) in [5, 5.41) is 3.70. The van der Waals surface area contributed by atoms with Crippen LogP contribution in [0.15, 0.2) is 18.2 Å². The molecule has 2 saturated heterocycles. The SMILES string of the molecule is Cc1cccc2sc(NC(=O)CCN3CCN(C4CCN(C)CC4)CC3)nc12. The van der Waals surface area contributed by atoms with E-state index in [-0.39, 0.29) is 5.91 Å². The second kappa shape index (κ2) is 8.86. The lowest BCUT2D eigenvalue weighted by Gasteiger charge is -2.42. The molecule has 2 aromatic rings. The first-order valence-corrected chi connectivity index (χ1v) is 11.2. The number of nitrogens with zero attached hydrogens (tertiary/aromatic N) is 4. The fraction of sp³-hybridized carbons (Fsp3) is 0.619. The highest BCUT2D eigenvalue weighted by atomic mass is 32.1. The Kier molecular flexibility index (Phi) is 6.25. The van der Waals surface area contributed by atoms with Gasteiger partial charge in [0.2, 0.25) is 5.91 Å². The number of rotatable bonds is 5. The van der Waals surface area contributed by atoms with Gasteiger partial charge in [-0.1, -0.05) is 23.5 Å². The minimum Gasteiger partial charge on any atom is -0.306 e. The maximum Gasteiger partial charge on any atom is 0.227 e. The molecule has 2 fully saturated rings. The molecule has 28 heavy (non-hydrogen) atoms. The summed E-state index contributed by atoms with van der Waals surface area (Å²) >= 11 is 1.55. The van der Waals surface area contributed by atoms with Crippen LogP contribution >= 0.6 is 11.3 Å². The molecule has 0 radical (unpaired) electrons. The number of amides is 1. The third kappa shape index (κ3) is 4.71. The van der Waals surface area contributed by atoms with Crippen LogP contribution < -0.4 is 5.32 Å². The smallest absolute Gasteiger partial charge is 0.227 e. The number of likely N-dealkylation sites (tertiary alicyclic amines) is 1. The second-order valence-electron chi connectivity index (χ2n) is 8.15. The van der Waals surface area contributed by atoms with Gasteiger partial charge >= 0.3 is 0 Å². The molecule has 7 heteroatoms. The number of benzene rings is 1. The Morgan fingerprint density at radius 3 is 2.64 bits per heavy atom. The van der Waals surface area contributed by atoms with Gasteiger partial charge in [0.25, 0.3) is 0 Å². The van der Waals surface area contributed by atoms with E-state index in [9.17, 15) is 4.79 Å². The minimum absolute atomic E-state index is 0.0643. The van der Waals surface area contributed by atoms with Crippen LogP contribution in [0.5, 0.6) is 0 Å². The molecule has 6 nitrogen and oxygen atoms in total. The Bertz CT molecular complexity index is 806. The van der Waals surface area contributed by atoms with Gasteiger partial charge in [-0.2, -0.15) is 0 Å². The molecule has 1 amide bonds. The Labute approximate surface area is 171 Å². The maximum atomic E-state index is 12.4. The molecule has 0 bridgehead atoms. The van der Waals surface area contributed by atoms with Crippen LogP contribution in [0.2, 0.25) is 0 Å². The normalized spacial score (nSPS) is 20.6. The molecule has 0 aliphatic carbocycles. The van der Waals surface area contributed by atoms with Crippen molar-refractivity contribution < 1.29 is 4.79 Å². The first-order valence-electron chi connectivity index (χ1n) is 10.4. The molecule has 2 aliphatic rings. The first kappa shape index (κ1) is 19.8. The fourth-order valence-corrected chi connectivity index (χ4v) is 5.25. The Morgan fingerprint density at radius 2 is 1.93 bits per heavy atom. The van der Waals surface area contributed by atoms with Crippen molar-refractivity contribution in [2.45, 2.75) is 32.2 Å². The van der Waals surface area contributed by atoms with Gasteiger partial charge in [0.15, 0.2) is 5.13 Å². The number of carbonyl (C=O) groups is 1. The maximum absolute atomic E-state index is 12.4. The van der Waals surface area contributed by atoms with Gasteiger partial charge in [-0.25, -0.2) is 4.98 Å². The number of anilines is 1. The molecule has 1 aromatic carbocycles. The summed E-state index contributed by atoms with van der Waals surface area (Å²) in [6.45, 7) is 9.72. The number of fused-ring (bicyclic) bond motifs is 1. The van der Waals surface area contributed by atoms with E-state index in [1.165, 1.54) is 25.9 Å². The van der Waals surface area contributed by atoms with E-state index in [1.54, 1.807) is 11.3 Å². The van der Waals surface area contributed by atoms with E-state index in [1.807, 2.05) is 6.07 Å². The van der Waals surface area contributed by atoms with Crippen molar-refractivity contribution in [3.63, 3.8) is 0 Å². The van der Waals surface area contributed by atoms with Crippen LogP contribution in [-0.4, -0.2) is 84.5 Å². The fourth-order valence-electron chi connectivity index (χ4n) is 4.29. The number of thiazole rings is 1. The highest BCUT2D eigenvalue weighted by Gasteiger charge is 2.26. The van der Waals surface area contributed by atoms with Gasteiger partial charge in [-0.05, 0) is 51.5 Å². The molecule has 152 valence electrons. The molecule has 2 aliphatic heterocycles. The lowest BCUT2D eigenvalue weighted by Crippen LogP contribution is -2.53. The van der Waals surface area contributed by atoms with E-state index < -0.39 is 0 Å². The lowest BCUT2D eigenvalue weighted by atomic mass is 10.0. The average Bonchev–Trinajstić information content (AvgIpc) is 3.11. The van der Waals surface area contributed by atoms with Crippen LogP contribution in [0.25, 0.3) is 10.2 Å². The van der Waals surface area contributed by atoms with E-state index in [2.05, 4.69) is 51.1 Å². The molecule has 0 unspecified atom stereocenters. The predicted octanol–water partition coefficient (Wildman–Crippen LogP) is 2.65. The average molecular weight is 402 g/mol. The lowest BCUT2D eigenvalue weighted by molar-refractivity contribution is -0.116. The van der Waals surface area contributed by atoms with Crippen molar-refractivity contribution in [2.75, 3.05) is 58.2 Å². The standard InChI is InChI=1S/C21H31N5OS/c1-16-4-3-5-18-20(16)23-21(28-18)22-19(27)8-11-25-12-14-26(15-13-25)17-6-9-24(2)10-7-17/h3-5,17H,6-15H2,1-2H3,(H,22,23,27). The molecule has 0 atom stereocenters. The molecule has 3 heterocycles.